The molecule has 1 aromatic heterocycles. The van der Waals surface area contributed by atoms with Crippen LogP contribution in [0, 0.1) is 0 Å². The summed E-state index contributed by atoms with van der Waals surface area (Å²) in [4.78, 5) is 14.9. The van der Waals surface area contributed by atoms with Crippen LogP contribution in [-0.2, 0) is 11.3 Å². The molecule has 2 aromatic rings. The van der Waals surface area contributed by atoms with E-state index in [0.29, 0.717) is 5.92 Å². The van der Waals surface area contributed by atoms with E-state index in [2.05, 4.69) is 18.8 Å². The number of carboxylic acids is 1. The lowest BCUT2D eigenvalue weighted by molar-refractivity contribution is -0.137. The van der Waals surface area contributed by atoms with Gasteiger partial charge in [-0.15, -0.1) is 0 Å². The molecule has 2 rings (SSSR count). The highest BCUT2D eigenvalue weighted by Gasteiger charge is 2.11. The monoisotopic (exact) mass is 274 g/mol. The minimum Gasteiger partial charge on any atom is -0.496 e. The third-order valence-electron chi connectivity index (χ3n) is 3.10. The van der Waals surface area contributed by atoms with Crippen molar-refractivity contribution in [3.05, 3.63) is 36.3 Å². The molecule has 5 heteroatoms. The van der Waals surface area contributed by atoms with E-state index < -0.39 is 5.97 Å². The predicted molar refractivity (Wildman–Crippen MR) is 75.9 cm³/mol. The summed E-state index contributed by atoms with van der Waals surface area (Å²) < 4.78 is 6.90. The van der Waals surface area contributed by atoms with Crippen LogP contribution in [0.4, 0.5) is 0 Å². The maximum Gasteiger partial charge on any atom is 0.323 e. The van der Waals surface area contributed by atoms with Gasteiger partial charge in [0.2, 0.25) is 0 Å². The lowest BCUT2D eigenvalue weighted by atomic mass is 9.98. The Morgan fingerprint density at radius 2 is 2.20 bits per heavy atom. The van der Waals surface area contributed by atoms with Crippen LogP contribution in [0.15, 0.2) is 30.7 Å². The maximum absolute atomic E-state index is 10.7. The lowest BCUT2D eigenvalue weighted by Crippen LogP contribution is -2.06. The van der Waals surface area contributed by atoms with E-state index >= 15 is 0 Å². The lowest BCUT2D eigenvalue weighted by Gasteiger charge is -2.12. The Bertz CT molecular complexity index is 617. The van der Waals surface area contributed by atoms with E-state index in [4.69, 9.17) is 9.84 Å². The number of methoxy groups -OCH3 is 1. The molecular weight excluding hydrogens is 256 g/mol. The van der Waals surface area contributed by atoms with Gasteiger partial charge in [-0.3, -0.25) is 4.79 Å². The van der Waals surface area contributed by atoms with Crippen LogP contribution < -0.4 is 4.74 Å². The molecule has 0 aliphatic carbocycles. The zero-order chi connectivity index (χ0) is 14.7. The first-order valence-corrected chi connectivity index (χ1v) is 6.43. The summed E-state index contributed by atoms with van der Waals surface area (Å²) >= 11 is 0. The van der Waals surface area contributed by atoms with Crippen LogP contribution in [0.1, 0.15) is 25.3 Å². The topological polar surface area (TPSA) is 64.3 Å². The first kappa shape index (κ1) is 14.1. The van der Waals surface area contributed by atoms with Crippen molar-refractivity contribution in [2.75, 3.05) is 7.11 Å². The third kappa shape index (κ3) is 2.99. The van der Waals surface area contributed by atoms with Gasteiger partial charge in [0, 0.05) is 11.8 Å². The number of imidazole rings is 1. The van der Waals surface area contributed by atoms with E-state index in [1.807, 2.05) is 18.2 Å². The van der Waals surface area contributed by atoms with Gasteiger partial charge in [-0.1, -0.05) is 13.8 Å². The number of aliphatic carboxylic acids is 1. The molecule has 1 N–H and O–H groups in total. The van der Waals surface area contributed by atoms with E-state index in [1.165, 1.54) is 6.33 Å². The zero-order valence-corrected chi connectivity index (χ0v) is 11.8. The SMILES string of the molecule is COc1ccc(-c2cn(CC(=O)O)cn2)cc1C(C)C. The number of ether oxygens (including phenoxy) is 1. The number of aromatic nitrogens is 2. The fourth-order valence-corrected chi connectivity index (χ4v) is 2.10. The zero-order valence-electron chi connectivity index (χ0n) is 11.8. The Kier molecular flexibility index (Phi) is 4.08. The average molecular weight is 274 g/mol. The van der Waals surface area contributed by atoms with Crippen molar-refractivity contribution < 1.29 is 14.6 Å². The van der Waals surface area contributed by atoms with Gasteiger partial charge in [-0.2, -0.15) is 0 Å². The molecule has 0 aliphatic heterocycles. The molecular formula is C15H18N2O3. The molecule has 5 nitrogen and oxygen atoms in total. The van der Waals surface area contributed by atoms with Gasteiger partial charge in [0.15, 0.2) is 0 Å². The van der Waals surface area contributed by atoms with Gasteiger partial charge in [0.1, 0.15) is 12.3 Å². The molecule has 1 aromatic carbocycles. The molecule has 0 bridgehead atoms. The van der Waals surface area contributed by atoms with Gasteiger partial charge in [0.25, 0.3) is 0 Å². The van der Waals surface area contributed by atoms with Crippen molar-refractivity contribution in [3.63, 3.8) is 0 Å². The second kappa shape index (κ2) is 5.77. The molecule has 0 spiro atoms. The minimum absolute atomic E-state index is 0.0831. The Hall–Kier alpha value is -2.30. The van der Waals surface area contributed by atoms with Crippen molar-refractivity contribution in [1.29, 1.82) is 0 Å². The van der Waals surface area contributed by atoms with Gasteiger partial charge in [0.05, 0.1) is 19.1 Å². The van der Waals surface area contributed by atoms with E-state index in [0.717, 1.165) is 22.6 Å². The second-order valence-electron chi connectivity index (χ2n) is 4.94. The summed E-state index contributed by atoms with van der Waals surface area (Å²) in [7, 11) is 1.66. The molecule has 0 amide bonds. The number of hydrogen-bond donors (Lipinski definition) is 1. The van der Waals surface area contributed by atoms with Crippen molar-refractivity contribution in [2.24, 2.45) is 0 Å². The van der Waals surface area contributed by atoms with Gasteiger partial charge < -0.3 is 14.4 Å². The quantitative estimate of drug-likeness (QED) is 0.910. The molecule has 0 aliphatic rings. The summed E-state index contributed by atoms with van der Waals surface area (Å²) in [6, 6.07) is 5.88. The predicted octanol–water partition coefficient (Wildman–Crippen LogP) is 2.77. The summed E-state index contributed by atoms with van der Waals surface area (Å²) in [6.45, 7) is 4.12. The molecule has 0 saturated heterocycles. The van der Waals surface area contributed by atoms with Gasteiger partial charge in [-0.05, 0) is 29.7 Å². The van der Waals surface area contributed by atoms with Crippen LogP contribution in [0.2, 0.25) is 0 Å². The molecule has 0 fully saturated rings. The molecule has 1 heterocycles. The Labute approximate surface area is 117 Å². The van der Waals surface area contributed by atoms with Crippen molar-refractivity contribution in [3.8, 4) is 17.0 Å². The van der Waals surface area contributed by atoms with Crippen LogP contribution in [0.25, 0.3) is 11.3 Å². The normalized spacial score (nSPS) is 10.8. The summed E-state index contributed by atoms with van der Waals surface area (Å²) in [5, 5.41) is 8.77. The van der Waals surface area contributed by atoms with E-state index in [9.17, 15) is 4.79 Å². The fraction of sp³-hybridized carbons (Fsp3) is 0.333. The second-order valence-corrected chi connectivity index (χ2v) is 4.94. The number of nitrogens with zero attached hydrogens (tertiary/aromatic N) is 2. The summed E-state index contributed by atoms with van der Waals surface area (Å²) in [5.41, 5.74) is 2.83. The molecule has 0 radical (unpaired) electrons. The number of benzene rings is 1. The average Bonchev–Trinajstić information content (AvgIpc) is 2.85. The van der Waals surface area contributed by atoms with Gasteiger partial charge in [-0.25, -0.2) is 4.98 Å². The Morgan fingerprint density at radius 3 is 2.80 bits per heavy atom. The maximum atomic E-state index is 10.7. The molecule has 0 saturated carbocycles. The van der Waals surface area contributed by atoms with Crippen LogP contribution in [0.5, 0.6) is 5.75 Å². The van der Waals surface area contributed by atoms with Crippen LogP contribution in [-0.4, -0.2) is 27.7 Å². The minimum atomic E-state index is -0.883. The summed E-state index contributed by atoms with van der Waals surface area (Å²) in [6.07, 6.45) is 3.27. The number of carbonyl (C=O) groups is 1. The van der Waals surface area contributed by atoms with Gasteiger partial charge >= 0.3 is 5.97 Å². The molecule has 20 heavy (non-hydrogen) atoms. The Balaban J connectivity index is 2.35. The van der Waals surface area contributed by atoms with Crippen molar-refractivity contribution >= 4 is 5.97 Å². The van der Waals surface area contributed by atoms with Crippen molar-refractivity contribution in [1.82, 2.24) is 9.55 Å². The fourth-order valence-electron chi connectivity index (χ4n) is 2.10. The van der Waals surface area contributed by atoms with Crippen LogP contribution in [0.3, 0.4) is 0 Å². The number of hydrogen-bond acceptors (Lipinski definition) is 3. The smallest absolute Gasteiger partial charge is 0.323 e. The number of carboxylic acid groups (broad SMARTS) is 1. The third-order valence-corrected chi connectivity index (χ3v) is 3.10. The highest BCUT2D eigenvalue weighted by Crippen LogP contribution is 2.30. The molecule has 0 unspecified atom stereocenters. The Morgan fingerprint density at radius 1 is 1.45 bits per heavy atom. The number of rotatable bonds is 5. The highest BCUT2D eigenvalue weighted by atomic mass is 16.5. The highest BCUT2D eigenvalue weighted by molar-refractivity contribution is 5.67. The molecule has 0 atom stereocenters. The van der Waals surface area contributed by atoms with E-state index in [-0.39, 0.29) is 6.54 Å². The molecule has 106 valence electrons. The summed E-state index contributed by atoms with van der Waals surface area (Å²) in [5.74, 6) is 0.311. The first-order valence-electron chi connectivity index (χ1n) is 6.43. The first-order chi connectivity index (χ1) is 9.51. The standard InChI is InChI=1S/C15H18N2O3/c1-10(2)12-6-11(4-5-14(12)20-3)13-7-17(9-16-13)8-15(18)19/h4-7,9-10H,8H2,1-3H3,(H,18,19). The van der Waals surface area contributed by atoms with Crippen molar-refractivity contribution in [2.45, 2.75) is 26.3 Å². The van der Waals surface area contributed by atoms with Crippen LogP contribution >= 0.6 is 0 Å². The largest absolute Gasteiger partial charge is 0.496 e. The van der Waals surface area contributed by atoms with E-state index in [1.54, 1.807) is 17.9 Å².